The third-order valence-corrected chi connectivity index (χ3v) is 9.77. The molecule has 0 saturated heterocycles. The Kier molecular flexibility index (Phi) is 7.02. The van der Waals surface area contributed by atoms with E-state index >= 15 is 0 Å². The molecule has 1 unspecified atom stereocenters. The maximum absolute atomic E-state index is 12.8. The fourth-order valence-corrected chi connectivity index (χ4v) is 9.06. The van der Waals surface area contributed by atoms with E-state index in [9.17, 15) is 4.79 Å². The molecule has 6 rings (SSSR count). The molecule has 0 heterocycles. The molecule has 4 aromatic rings. The maximum atomic E-state index is 12.8. The van der Waals surface area contributed by atoms with E-state index in [0.29, 0.717) is 6.42 Å². The summed E-state index contributed by atoms with van der Waals surface area (Å²) in [6.07, 6.45) is 2.31. The Morgan fingerprint density at radius 3 is 1.35 bits per heavy atom. The topological polar surface area (TPSA) is 26.3 Å². The van der Waals surface area contributed by atoms with Crippen molar-refractivity contribution < 1.29 is 9.53 Å². The minimum atomic E-state index is -1.69. The third kappa shape index (κ3) is 3.87. The molecular formula is C35H31Cl3O2. The van der Waals surface area contributed by atoms with Crippen LogP contribution in [0, 0.1) is 5.92 Å². The number of methoxy groups -OCH3 is 1. The van der Waals surface area contributed by atoms with Crippen LogP contribution < -0.4 is 0 Å². The van der Waals surface area contributed by atoms with Gasteiger partial charge in [-0.25, -0.2) is 0 Å². The Labute approximate surface area is 251 Å². The van der Waals surface area contributed by atoms with Crippen LogP contribution in [-0.2, 0) is 20.4 Å². The molecule has 0 amide bonds. The van der Waals surface area contributed by atoms with E-state index in [4.69, 9.17) is 39.5 Å². The lowest BCUT2D eigenvalue weighted by atomic mass is 9.53. The highest BCUT2D eigenvalue weighted by atomic mass is 35.6. The average molecular weight is 590 g/mol. The molecule has 2 aliphatic rings. The first kappa shape index (κ1) is 27.4. The lowest BCUT2D eigenvalue weighted by Crippen LogP contribution is -2.54. The first-order valence-electron chi connectivity index (χ1n) is 13.8. The highest BCUT2D eigenvalue weighted by Crippen LogP contribution is 2.69. The Morgan fingerprint density at radius 2 is 1.02 bits per heavy atom. The van der Waals surface area contributed by atoms with Crippen LogP contribution in [0.25, 0.3) is 22.3 Å². The van der Waals surface area contributed by atoms with Gasteiger partial charge >= 0.3 is 5.97 Å². The van der Waals surface area contributed by atoms with Crippen LogP contribution in [0.5, 0.6) is 0 Å². The predicted octanol–water partition coefficient (Wildman–Crippen LogP) is 9.66. The molecule has 0 saturated carbocycles. The number of halogens is 3. The van der Waals surface area contributed by atoms with Gasteiger partial charge in [-0.1, -0.05) is 145 Å². The first-order valence-corrected chi connectivity index (χ1v) is 15.0. The number of fused-ring (bicyclic) bond motifs is 6. The number of esters is 1. The monoisotopic (exact) mass is 588 g/mol. The smallest absolute Gasteiger partial charge is 0.305 e. The normalized spacial score (nSPS) is 16.4. The number of carbonyl (C=O) groups is 1. The van der Waals surface area contributed by atoms with Gasteiger partial charge in [-0.05, 0) is 57.3 Å². The zero-order valence-corrected chi connectivity index (χ0v) is 24.9. The molecule has 4 aromatic carbocycles. The van der Waals surface area contributed by atoms with Crippen molar-refractivity contribution in [2.75, 3.05) is 7.11 Å². The van der Waals surface area contributed by atoms with Crippen LogP contribution >= 0.6 is 34.8 Å². The minimum absolute atomic E-state index is 0.196. The molecule has 2 nitrogen and oxygen atoms in total. The number of carbonyl (C=O) groups excluding carboxylic acids is 1. The summed E-state index contributed by atoms with van der Waals surface area (Å²) in [7, 11) is 1.43. The highest BCUT2D eigenvalue weighted by molar-refractivity contribution is 6.68. The van der Waals surface area contributed by atoms with Crippen molar-refractivity contribution in [2.24, 2.45) is 5.92 Å². The summed E-state index contributed by atoms with van der Waals surface area (Å²) in [5.41, 5.74) is 7.70. The summed E-state index contributed by atoms with van der Waals surface area (Å²) in [5, 5.41) is 0. The summed E-state index contributed by atoms with van der Waals surface area (Å²) < 4.78 is 3.48. The Bertz CT molecular complexity index is 1490. The van der Waals surface area contributed by atoms with Gasteiger partial charge in [0.2, 0.25) is 0 Å². The Hall–Kier alpha value is -2.78. The third-order valence-electron chi connectivity index (χ3n) is 9.12. The standard InChI is InChI=1S/C35H31Cl3O2/c1-3-21-33(27-16-8-4-12-23(27)24-13-5-9-17-28(24)33)32(35(36,37)38)34(22-20-31(39)40-2)29-18-10-6-14-25(29)26-15-7-11-19-30(26)34/h4-19,32H,3,20-22H2,1-2H3. The summed E-state index contributed by atoms with van der Waals surface area (Å²) in [4.78, 5) is 12.8. The number of alkyl halides is 3. The molecule has 0 bridgehead atoms. The van der Waals surface area contributed by atoms with Gasteiger partial charge in [0.05, 0.1) is 7.11 Å². The van der Waals surface area contributed by atoms with E-state index < -0.39 is 20.5 Å². The molecule has 1 atom stereocenters. The minimum Gasteiger partial charge on any atom is -0.469 e. The fraction of sp³-hybridized carbons (Fsp3) is 0.286. The molecule has 5 heteroatoms. The van der Waals surface area contributed by atoms with E-state index in [1.54, 1.807) is 0 Å². The van der Waals surface area contributed by atoms with Crippen molar-refractivity contribution in [2.45, 2.75) is 47.2 Å². The molecule has 0 spiro atoms. The number of benzene rings is 4. The molecule has 0 radical (unpaired) electrons. The van der Waals surface area contributed by atoms with Crippen LogP contribution in [0.2, 0.25) is 0 Å². The molecule has 0 aromatic heterocycles. The number of ether oxygens (including phenoxy) is 1. The van der Waals surface area contributed by atoms with E-state index in [1.807, 2.05) is 0 Å². The van der Waals surface area contributed by atoms with Gasteiger partial charge < -0.3 is 4.74 Å². The van der Waals surface area contributed by atoms with Crippen molar-refractivity contribution in [1.82, 2.24) is 0 Å². The maximum Gasteiger partial charge on any atom is 0.305 e. The number of hydrogen-bond donors (Lipinski definition) is 0. The summed E-state index contributed by atoms with van der Waals surface area (Å²) >= 11 is 21.9. The average Bonchev–Trinajstić information content (AvgIpc) is 3.40. The molecule has 204 valence electrons. The van der Waals surface area contributed by atoms with Gasteiger partial charge in [-0.2, -0.15) is 0 Å². The van der Waals surface area contributed by atoms with E-state index in [0.717, 1.165) is 35.1 Å². The summed E-state index contributed by atoms with van der Waals surface area (Å²) in [6.45, 7) is 2.19. The van der Waals surface area contributed by atoms with E-state index in [-0.39, 0.29) is 12.4 Å². The second-order valence-electron chi connectivity index (χ2n) is 10.9. The Morgan fingerprint density at radius 1 is 0.675 bits per heavy atom. The predicted molar refractivity (Wildman–Crippen MR) is 165 cm³/mol. The molecular weight excluding hydrogens is 559 g/mol. The SMILES string of the molecule is CCCC1(C(C(Cl)(Cl)Cl)C2(CCC(=O)OC)c3ccccc3-c3ccccc32)c2ccccc2-c2ccccc21. The van der Waals surface area contributed by atoms with Gasteiger partial charge in [-0.15, -0.1) is 0 Å². The van der Waals surface area contributed by atoms with Crippen LogP contribution in [0.1, 0.15) is 54.9 Å². The van der Waals surface area contributed by atoms with Gasteiger partial charge in [0, 0.05) is 23.2 Å². The quantitative estimate of drug-likeness (QED) is 0.158. The highest BCUT2D eigenvalue weighted by Gasteiger charge is 2.65. The molecule has 0 N–H and O–H groups in total. The zero-order valence-electron chi connectivity index (χ0n) is 22.6. The number of hydrogen-bond acceptors (Lipinski definition) is 2. The zero-order chi connectivity index (χ0) is 28.1. The fourth-order valence-electron chi connectivity index (χ4n) is 7.94. The summed E-state index contributed by atoms with van der Waals surface area (Å²) in [5.74, 6) is -0.822. The van der Waals surface area contributed by atoms with Crippen LogP contribution in [0.3, 0.4) is 0 Å². The molecule has 0 aliphatic heterocycles. The Balaban J connectivity index is 1.77. The second kappa shape index (κ2) is 10.2. The van der Waals surface area contributed by atoms with Crippen LogP contribution in [-0.4, -0.2) is 16.9 Å². The molecule has 40 heavy (non-hydrogen) atoms. The van der Waals surface area contributed by atoms with E-state index in [2.05, 4.69) is 104 Å². The summed E-state index contributed by atoms with van der Waals surface area (Å²) in [6, 6.07) is 33.9. The number of rotatable bonds is 7. The van der Waals surface area contributed by atoms with Crippen molar-refractivity contribution >= 4 is 40.8 Å². The first-order chi connectivity index (χ1) is 19.3. The second-order valence-corrected chi connectivity index (χ2v) is 13.3. The van der Waals surface area contributed by atoms with Gasteiger partial charge in [0.1, 0.15) is 0 Å². The van der Waals surface area contributed by atoms with Crippen molar-refractivity contribution in [3.05, 3.63) is 119 Å². The lowest BCUT2D eigenvalue weighted by Gasteiger charge is -2.53. The molecule has 2 aliphatic carbocycles. The van der Waals surface area contributed by atoms with Gasteiger partial charge in [0.15, 0.2) is 3.79 Å². The van der Waals surface area contributed by atoms with Crippen LogP contribution in [0.4, 0.5) is 0 Å². The molecule has 0 fully saturated rings. The van der Waals surface area contributed by atoms with E-state index in [1.165, 1.54) is 29.4 Å². The van der Waals surface area contributed by atoms with Gasteiger partial charge in [0.25, 0.3) is 0 Å². The van der Waals surface area contributed by atoms with Crippen molar-refractivity contribution in [3.8, 4) is 22.3 Å². The van der Waals surface area contributed by atoms with Crippen molar-refractivity contribution in [3.63, 3.8) is 0 Å². The van der Waals surface area contributed by atoms with Crippen molar-refractivity contribution in [1.29, 1.82) is 0 Å². The lowest BCUT2D eigenvalue weighted by molar-refractivity contribution is -0.141. The van der Waals surface area contributed by atoms with Gasteiger partial charge in [-0.3, -0.25) is 4.79 Å². The largest absolute Gasteiger partial charge is 0.469 e. The van der Waals surface area contributed by atoms with Crippen LogP contribution in [0.15, 0.2) is 97.1 Å².